The summed E-state index contributed by atoms with van der Waals surface area (Å²) in [5.74, 6) is 0. The molecule has 1 aromatic carbocycles. The lowest BCUT2D eigenvalue weighted by atomic mass is 9.84. The largest absolute Gasteiger partial charge is 0.359 e. The minimum absolute atomic E-state index is 0.225. The van der Waals surface area contributed by atoms with Crippen LogP contribution in [0.15, 0.2) is 24.4 Å². The summed E-state index contributed by atoms with van der Waals surface area (Å²) in [6.07, 6.45) is 2.05. The van der Waals surface area contributed by atoms with Crippen molar-refractivity contribution in [1.82, 2.24) is 0 Å². The summed E-state index contributed by atoms with van der Waals surface area (Å²) < 4.78 is 0. The van der Waals surface area contributed by atoms with Gasteiger partial charge in [-0.15, -0.1) is 0 Å². The lowest BCUT2D eigenvalue weighted by Gasteiger charge is -2.21. The van der Waals surface area contributed by atoms with Gasteiger partial charge in [0.1, 0.15) is 0 Å². The molecule has 1 aliphatic rings. The van der Waals surface area contributed by atoms with Crippen molar-refractivity contribution in [2.45, 2.75) is 46.0 Å². The molecule has 0 saturated carbocycles. The summed E-state index contributed by atoms with van der Waals surface area (Å²) >= 11 is 0. The van der Waals surface area contributed by atoms with E-state index in [-0.39, 0.29) is 5.41 Å². The number of aryl methyl sites for hydroxylation is 1. The topological polar surface area (TPSA) is 12.0 Å². The van der Waals surface area contributed by atoms with E-state index in [1.165, 1.54) is 22.4 Å². The van der Waals surface area contributed by atoms with Crippen LogP contribution in [-0.4, -0.2) is 0 Å². The highest BCUT2D eigenvalue weighted by molar-refractivity contribution is 5.67. The zero-order valence-corrected chi connectivity index (χ0v) is 10.8. The van der Waals surface area contributed by atoms with E-state index >= 15 is 0 Å². The molecule has 1 aromatic rings. The first-order valence-corrected chi connectivity index (χ1v) is 6.03. The van der Waals surface area contributed by atoms with Gasteiger partial charge in [-0.2, -0.15) is 0 Å². The van der Waals surface area contributed by atoms with Gasteiger partial charge in [-0.25, -0.2) is 0 Å². The smallest absolute Gasteiger partial charge is 0.0450 e. The van der Waals surface area contributed by atoms with Crippen molar-refractivity contribution >= 4 is 5.69 Å². The van der Waals surface area contributed by atoms with Gasteiger partial charge in [0.25, 0.3) is 0 Å². The Kier molecular flexibility index (Phi) is 2.57. The highest BCUT2D eigenvalue weighted by Gasteiger charge is 2.21. The average molecular weight is 215 g/mol. The number of benzene rings is 1. The molecule has 0 unspecified atom stereocenters. The Bertz CT molecular complexity index is 435. The maximum Gasteiger partial charge on any atom is 0.0450 e. The van der Waals surface area contributed by atoms with E-state index in [1.54, 1.807) is 0 Å². The van der Waals surface area contributed by atoms with Crippen LogP contribution in [0.4, 0.5) is 5.69 Å². The molecule has 1 aliphatic heterocycles. The van der Waals surface area contributed by atoms with Crippen LogP contribution in [0.1, 0.15) is 44.4 Å². The van der Waals surface area contributed by atoms with E-state index in [2.05, 4.69) is 51.7 Å². The predicted octanol–water partition coefficient (Wildman–Crippen LogP) is 4.03. The zero-order valence-electron chi connectivity index (χ0n) is 10.8. The average Bonchev–Trinajstić information content (AvgIpc) is 2.54. The molecule has 0 bridgehead atoms. The number of nitrogens with one attached hydrogen (secondary N) is 1. The van der Waals surface area contributed by atoms with Crippen molar-refractivity contribution < 1.29 is 0 Å². The summed E-state index contributed by atoms with van der Waals surface area (Å²) in [6, 6.07) is 4.67. The van der Waals surface area contributed by atoms with Crippen LogP contribution in [0.25, 0.3) is 0 Å². The number of allylic oxidation sites excluding steroid dienone is 1. The lowest BCUT2D eigenvalue weighted by Crippen LogP contribution is -2.12. The SMILES string of the molecule is C=C1Cc2cc(C(C)(C)C)cc(CC)c2N1. The third kappa shape index (κ3) is 1.87. The molecule has 1 N–H and O–H groups in total. The van der Waals surface area contributed by atoms with Crippen molar-refractivity contribution in [3.05, 3.63) is 41.1 Å². The van der Waals surface area contributed by atoms with Gasteiger partial charge in [0.05, 0.1) is 0 Å². The second kappa shape index (κ2) is 3.65. The number of hydrogen-bond acceptors (Lipinski definition) is 1. The molecule has 0 saturated heterocycles. The first kappa shape index (κ1) is 11.3. The monoisotopic (exact) mass is 215 g/mol. The fourth-order valence-electron chi connectivity index (χ4n) is 2.23. The Balaban J connectivity index is 2.55. The molecule has 0 atom stereocenters. The molecule has 0 amide bonds. The van der Waals surface area contributed by atoms with Gasteiger partial charge >= 0.3 is 0 Å². The van der Waals surface area contributed by atoms with Gasteiger partial charge in [0.15, 0.2) is 0 Å². The van der Waals surface area contributed by atoms with Crippen molar-refractivity contribution in [2.75, 3.05) is 5.32 Å². The maximum absolute atomic E-state index is 4.03. The van der Waals surface area contributed by atoms with E-state index in [9.17, 15) is 0 Å². The van der Waals surface area contributed by atoms with Crippen molar-refractivity contribution in [3.8, 4) is 0 Å². The number of fused-ring (bicyclic) bond motifs is 1. The molecule has 0 fully saturated rings. The molecule has 0 spiro atoms. The van der Waals surface area contributed by atoms with Gasteiger partial charge < -0.3 is 5.32 Å². The van der Waals surface area contributed by atoms with Gasteiger partial charge in [0, 0.05) is 17.8 Å². The lowest BCUT2D eigenvalue weighted by molar-refractivity contribution is 0.589. The van der Waals surface area contributed by atoms with Crippen LogP contribution in [0.5, 0.6) is 0 Å². The standard InChI is InChI=1S/C15H21N/c1-6-11-8-13(15(3,4)5)9-12-7-10(2)16-14(11)12/h8-9,16H,2,6-7H2,1,3-5H3. The van der Waals surface area contributed by atoms with Crippen molar-refractivity contribution in [2.24, 2.45) is 0 Å². The molecule has 0 aliphatic carbocycles. The first-order chi connectivity index (χ1) is 7.41. The Morgan fingerprint density at radius 2 is 2.00 bits per heavy atom. The van der Waals surface area contributed by atoms with E-state index in [0.717, 1.165) is 18.5 Å². The minimum Gasteiger partial charge on any atom is -0.359 e. The highest BCUT2D eigenvalue weighted by atomic mass is 14.9. The van der Waals surface area contributed by atoms with E-state index in [1.807, 2.05) is 0 Å². The molecule has 16 heavy (non-hydrogen) atoms. The molecule has 1 heterocycles. The van der Waals surface area contributed by atoms with Gasteiger partial charge in [-0.1, -0.05) is 46.4 Å². The van der Waals surface area contributed by atoms with Crippen LogP contribution >= 0.6 is 0 Å². The van der Waals surface area contributed by atoms with Crippen molar-refractivity contribution in [3.63, 3.8) is 0 Å². The van der Waals surface area contributed by atoms with Gasteiger partial charge in [0.2, 0.25) is 0 Å². The van der Waals surface area contributed by atoms with Crippen LogP contribution in [-0.2, 0) is 18.3 Å². The van der Waals surface area contributed by atoms with Crippen LogP contribution in [0.3, 0.4) is 0 Å². The Labute approximate surface area is 98.6 Å². The molecule has 86 valence electrons. The zero-order chi connectivity index (χ0) is 11.9. The molecule has 1 heteroatoms. The first-order valence-electron chi connectivity index (χ1n) is 6.03. The van der Waals surface area contributed by atoms with E-state index < -0.39 is 0 Å². The van der Waals surface area contributed by atoms with Crippen LogP contribution < -0.4 is 5.32 Å². The molecular weight excluding hydrogens is 194 g/mol. The van der Waals surface area contributed by atoms with Gasteiger partial charge in [-0.05, 0) is 28.5 Å². The van der Waals surface area contributed by atoms with Crippen LogP contribution in [0, 0.1) is 0 Å². The van der Waals surface area contributed by atoms with Crippen LogP contribution in [0.2, 0.25) is 0 Å². The number of rotatable bonds is 1. The summed E-state index contributed by atoms with van der Waals surface area (Å²) in [4.78, 5) is 0. The summed E-state index contributed by atoms with van der Waals surface area (Å²) in [6.45, 7) is 13.0. The Hall–Kier alpha value is -1.24. The normalized spacial score (nSPS) is 14.9. The Morgan fingerprint density at radius 3 is 2.56 bits per heavy atom. The molecule has 1 nitrogen and oxygen atoms in total. The fourth-order valence-corrected chi connectivity index (χ4v) is 2.23. The fraction of sp³-hybridized carbons (Fsp3) is 0.467. The van der Waals surface area contributed by atoms with Crippen molar-refractivity contribution in [1.29, 1.82) is 0 Å². The van der Waals surface area contributed by atoms with Gasteiger partial charge in [-0.3, -0.25) is 0 Å². The molecule has 0 radical (unpaired) electrons. The molecular formula is C15H21N. The maximum atomic E-state index is 4.03. The third-order valence-corrected chi connectivity index (χ3v) is 3.25. The van der Waals surface area contributed by atoms with E-state index in [0.29, 0.717) is 0 Å². The second-order valence-corrected chi connectivity index (χ2v) is 5.68. The molecule has 0 aromatic heterocycles. The Morgan fingerprint density at radius 1 is 1.31 bits per heavy atom. The molecule has 2 rings (SSSR count). The summed E-state index contributed by atoms with van der Waals surface area (Å²) in [7, 11) is 0. The quantitative estimate of drug-likeness (QED) is 0.746. The number of anilines is 1. The number of hydrogen-bond donors (Lipinski definition) is 1. The summed E-state index contributed by atoms with van der Waals surface area (Å²) in [5.41, 5.74) is 6.91. The third-order valence-electron chi connectivity index (χ3n) is 3.25. The minimum atomic E-state index is 0.225. The van der Waals surface area contributed by atoms with E-state index in [4.69, 9.17) is 0 Å². The predicted molar refractivity (Wildman–Crippen MR) is 71.0 cm³/mol. The highest BCUT2D eigenvalue weighted by Crippen LogP contribution is 2.35. The summed E-state index contributed by atoms with van der Waals surface area (Å²) in [5, 5.41) is 3.40. The second-order valence-electron chi connectivity index (χ2n) is 5.68.